The Morgan fingerprint density at radius 2 is 1.73 bits per heavy atom. The number of fused-ring (bicyclic) bond motifs is 4. The van der Waals surface area contributed by atoms with Gasteiger partial charge in [-0.05, 0) is 30.4 Å². The van der Waals surface area contributed by atoms with Crippen molar-refractivity contribution in [2.45, 2.75) is 31.8 Å². The van der Waals surface area contributed by atoms with Gasteiger partial charge in [0.15, 0.2) is 0 Å². The van der Waals surface area contributed by atoms with Gasteiger partial charge in [0.2, 0.25) is 5.91 Å². The van der Waals surface area contributed by atoms with Crippen LogP contribution in [0.25, 0.3) is 0 Å². The van der Waals surface area contributed by atoms with E-state index in [1.165, 1.54) is 12.0 Å². The lowest BCUT2D eigenvalue weighted by Gasteiger charge is -2.36. The third-order valence-corrected chi connectivity index (χ3v) is 5.74. The number of carbonyl (C=O) groups excluding carboxylic acids is 1. The van der Waals surface area contributed by atoms with Gasteiger partial charge < -0.3 is 10.0 Å². The van der Waals surface area contributed by atoms with Crippen LogP contribution in [0.1, 0.15) is 24.0 Å². The minimum Gasteiger partial charge on any atom is -0.508 e. The first-order valence-electron chi connectivity index (χ1n) is 9.51. The molecular formula is C22H26N2O2. The Morgan fingerprint density at radius 3 is 2.54 bits per heavy atom. The fraction of sp³-hybridized carbons (Fsp3) is 0.409. The molecule has 3 aliphatic rings. The summed E-state index contributed by atoms with van der Waals surface area (Å²) in [7, 11) is 0. The maximum atomic E-state index is 12.9. The molecule has 136 valence electrons. The van der Waals surface area contributed by atoms with Crippen molar-refractivity contribution in [3.8, 4) is 5.75 Å². The number of amides is 1. The molecule has 3 fully saturated rings. The average Bonchev–Trinajstić information content (AvgIpc) is 2.96. The van der Waals surface area contributed by atoms with Crippen LogP contribution in [0.15, 0.2) is 54.6 Å². The largest absolute Gasteiger partial charge is 0.508 e. The number of hydrogen-bond donors (Lipinski definition) is 1. The zero-order valence-electron chi connectivity index (χ0n) is 15.1. The lowest BCUT2D eigenvalue weighted by molar-refractivity contribution is -0.130. The van der Waals surface area contributed by atoms with Crippen LogP contribution in [-0.4, -0.2) is 46.5 Å². The van der Waals surface area contributed by atoms with Crippen LogP contribution in [0.5, 0.6) is 5.75 Å². The number of nitrogens with zero attached hydrogens (tertiary/aromatic N) is 2. The molecular weight excluding hydrogens is 324 g/mol. The van der Waals surface area contributed by atoms with E-state index in [9.17, 15) is 9.90 Å². The monoisotopic (exact) mass is 350 g/mol. The predicted molar refractivity (Wildman–Crippen MR) is 102 cm³/mol. The fourth-order valence-electron chi connectivity index (χ4n) is 4.33. The van der Waals surface area contributed by atoms with Gasteiger partial charge in [-0.15, -0.1) is 0 Å². The summed E-state index contributed by atoms with van der Waals surface area (Å²) in [4.78, 5) is 17.4. The number of rotatable bonds is 4. The lowest BCUT2D eigenvalue weighted by Crippen LogP contribution is -2.44. The predicted octanol–water partition coefficient (Wildman–Crippen LogP) is 3.06. The van der Waals surface area contributed by atoms with Crippen LogP contribution >= 0.6 is 0 Å². The quantitative estimate of drug-likeness (QED) is 0.922. The first-order chi connectivity index (χ1) is 12.7. The van der Waals surface area contributed by atoms with Gasteiger partial charge in [0.05, 0.1) is 6.42 Å². The molecule has 0 radical (unpaired) electrons. The van der Waals surface area contributed by atoms with Crippen LogP contribution in [0.4, 0.5) is 0 Å². The van der Waals surface area contributed by atoms with E-state index < -0.39 is 0 Å². The molecule has 5 rings (SSSR count). The van der Waals surface area contributed by atoms with Crippen molar-refractivity contribution in [1.29, 1.82) is 0 Å². The van der Waals surface area contributed by atoms with E-state index in [4.69, 9.17) is 0 Å². The van der Waals surface area contributed by atoms with Gasteiger partial charge in [0, 0.05) is 37.8 Å². The average molecular weight is 350 g/mol. The molecule has 1 N–H and O–H groups in total. The summed E-state index contributed by atoms with van der Waals surface area (Å²) >= 11 is 0. The summed E-state index contributed by atoms with van der Waals surface area (Å²) in [5.41, 5.74) is 2.06. The molecule has 0 saturated carbocycles. The second-order valence-corrected chi connectivity index (χ2v) is 7.62. The number of aromatic hydroxyl groups is 1. The van der Waals surface area contributed by atoms with Gasteiger partial charge >= 0.3 is 0 Å². The van der Waals surface area contributed by atoms with Crippen molar-refractivity contribution in [2.24, 2.45) is 5.92 Å². The summed E-state index contributed by atoms with van der Waals surface area (Å²) < 4.78 is 0. The highest BCUT2D eigenvalue weighted by Gasteiger charge is 2.36. The second kappa shape index (κ2) is 7.50. The summed E-state index contributed by atoms with van der Waals surface area (Å²) in [6.07, 6.45) is 2.65. The molecule has 1 amide bonds. The molecule has 3 saturated heterocycles. The van der Waals surface area contributed by atoms with Gasteiger partial charge in [0.1, 0.15) is 5.75 Å². The normalized spacial score (nSPS) is 23.0. The van der Waals surface area contributed by atoms with Gasteiger partial charge in [-0.2, -0.15) is 0 Å². The first-order valence-corrected chi connectivity index (χ1v) is 9.51. The van der Waals surface area contributed by atoms with Gasteiger partial charge in [-0.1, -0.05) is 48.5 Å². The van der Waals surface area contributed by atoms with Gasteiger partial charge in [0.25, 0.3) is 0 Å². The molecule has 4 nitrogen and oxygen atoms in total. The Hall–Kier alpha value is -2.33. The molecule has 4 heteroatoms. The molecule has 2 bridgehead atoms. The molecule has 2 aromatic rings. The van der Waals surface area contributed by atoms with E-state index in [0.717, 1.165) is 38.2 Å². The Kier molecular flexibility index (Phi) is 4.93. The second-order valence-electron chi connectivity index (χ2n) is 7.62. The standard InChI is InChI=1S/C22H26N2O2/c25-21-9-5-4-8-19(21)12-22(26)24-15-18-10-11-20(16-24)23(14-18)13-17-6-2-1-3-7-17/h1-9,18,20,25H,10-16H2/t18-,20-/m0/s1. The Morgan fingerprint density at radius 1 is 0.962 bits per heavy atom. The number of phenolic OH excluding ortho intramolecular Hbond substituents is 1. The number of para-hydroxylation sites is 1. The Balaban J connectivity index is 1.44. The summed E-state index contributed by atoms with van der Waals surface area (Å²) in [5.74, 6) is 0.889. The van der Waals surface area contributed by atoms with Crippen LogP contribution < -0.4 is 0 Å². The van der Waals surface area contributed by atoms with E-state index in [1.54, 1.807) is 12.1 Å². The summed E-state index contributed by atoms with van der Waals surface area (Å²) in [5, 5.41) is 9.96. The van der Waals surface area contributed by atoms with Crippen LogP contribution in [-0.2, 0) is 17.8 Å². The zero-order chi connectivity index (χ0) is 17.9. The highest BCUT2D eigenvalue weighted by Crippen LogP contribution is 2.30. The molecule has 0 unspecified atom stereocenters. The van der Waals surface area contributed by atoms with Crippen molar-refractivity contribution in [2.75, 3.05) is 19.6 Å². The minimum absolute atomic E-state index is 0.130. The van der Waals surface area contributed by atoms with Gasteiger partial charge in [-0.3, -0.25) is 9.69 Å². The number of benzene rings is 2. The summed E-state index contributed by atoms with van der Waals surface area (Å²) in [6, 6.07) is 18.2. The highest BCUT2D eigenvalue weighted by atomic mass is 16.3. The Labute approximate surface area is 155 Å². The van der Waals surface area contributed by atoms with Crippen LogP contribution in [0, 0.1) is 5.92 Å². The summed E-state index contributed by atoms with van der Waals surface area (Å²) in [6.45, 7) is 3.67. The van der Waals surface area contributed by atoms with E-state index >= 15 is 0 Å². The molecule has 2 atom stereocenters. The third-order valence-electron chi connectivity index (χ3n) is 5.74. The molecule has 0 spiro atoms. The van der Waals surface area contributed by atoms with Crippen LogP contribution in [0.3, 0.4) is 0 Å². The molecule has 26 heavy (non-hydrogen) atoms. The van der Waals surface area contributed by atoms with E-state index in [2.05, 4.69) is 35.2 Å². The topological polar surface area (TPSA) is 43.8 Å². The number of phenols is 1. The fourth-order valence-corrected chi connectivity index (χ4v) is 4.33. The van der Waals surface area contributed by atoms with Crippen molar-refractivity contribution < 1.29 is 9.90 Å². The highest BCUT2D eigenvalue weighted by molar-refractivity contribution is 5.79. The maximum Gasteiger partial charge on any atom is 0.227 e. The molecule has 3 aliphatic heterocycles. The molecule has 0 aliphatic carbocycles. The van der Waals surface area contributed by atoms with E-state index in [-0.39, 0.29) is 18.1 Å². The minimum atomic E-state index is 0.130. The SMILES string of the molecule is O=C(Cc1ccccc1O)N1C[C@H]2CC[C@@H](C1)N(Cc1ccccc1)C2. The Bertz CT molecular complexity index is 762. The lowest BCUT2D eigenvalue weighted by atomic mass is 9.94. The van der Waals surface area contributed by atoms with Crippen LogP contribution in [0.2, 0.25) is 0 Å². The molecule has 3 heterocycles. The smallest absolute Gasteiger partial charge is 0.227 e. The number of hydrogen-bond acceptors (Lipinski definition) is 3. The molecule has 0 aromatic heterocycles. The van der Waals surface area contributed by atoms with Gasteiger partial charge in [-0.25, -0.2) is 0 Å². The third kappa shape index (κ3) is 3.75. The zero-order valence-corrected chi connectivity index (χ0v) is 15.1. The van der Waals surface area contributed by atoms with Crippen molar-refractivity contribution in [3.05, 3.63) is 65.7 Å². The van der Waals surface area contributed by atoms with E-state index in [1.807, 2.05) is 17.0 Å². The maximum absolute atomic E-state index is 12.9. The number of piperidine rings is 1. The molecule has 2 aromatic carbocycles. The number of carbonyl (C=O) groups is 1. The van der Waals surface area contributed by atoms with Crippen molar-refractivity contribution in [3.63, 3.8) is 0 Å². The van der Waals surface area contributed by atoms with E-state index in [0.29, 0.717) is 12.0 Å². The van der Waals surface area contributed by atoms with Crippen molar-refractivity contribution in [1.82, 2.24) is 9.80 Å². The van der Waals surface area contributed by atoms with Crippen molar-refractivity contribution >= 4 is 5.91 Å². The first kappa shape index (κ1) is 17.1.